The van der Waals surface area contributed by atoms with Gasteiger partial charge in [0.25, 0.3) is 0 Å². The highest BCUT2D eigenvalue weighted by molar-refractivity contribution is 5.91. The Morgan fingerprint density at radius 1 is 0.963 bits per heavy atom. The van der Waals surface area contributed by atoms with E-state index in [9.17, 15) is 14.7 Å². The summed E-state index contributed by atoms with van der Waals surface area (Å²) in [5.74, 6) is 0.241. The summed E-state index contributed by atoms with van der Waals surface area (Å²) in [6.07, 6.45) is -0.571. The Morgan fingerprint density at radius 3 is 2.30 bits per heavy atom. The van der Waals surface area contributed by atoms with E-state index in [-0.39, 0.29) is 11.8 Å². The second-order valence-electron chi connectivity index (χ2n) is 6.09. The zero-order valence-corrected chi connectivity index (χ0v) is 15.0. The van der Waals surface area contributed by atoms with Crippen LogP contribution in [0, 0.1) is 0 Å². The Labute approximate surface area is 157 Å². The minimum atomic E-state index is -0.571. The highest BCUT2D eigenvalue weighted by Crippen LogP contribution is 2.27. The molecule has 27 heavy (non-hydrogen) atoms. The molecule has 0 atom stereocenters. The number of urea groups is 1. The van der Waals surface area contributed by atoms with Crippen LogP contribution in [0.3, 0.4) is 0 Å². The van der Waals surface area contributed by atoms with Gasteiger partial charge in [-0.25, -0.2) is 9.59 Å². The van der Waals surface area contributed by atoms with Gasteiger partial charge in [0.05, 0.1) is 12.8 Å². The molecule has 2 aromatic carbocycles. The first-order chi connectivity index (χ1) is 13.1. The average Bonchev–Trinajstić information content (AvgIpc) is 2.68. The molecule has 8 heteroatoms. The molecule has 1 fully saturated rings. The van der Waals surface area contributed by atoms with Crippen molar-refractivity contribution in [3.63, 3.8) is 0 Å². The number of phenols is 1. The molecule has 0 aromatic heterocycles. The number of hydrogen-bond donors (Lipinski definition) is 3. The molecule has 0 unspecified atom stereocenters. The molecular weight excluding hydrogens is 348 g/mol. The fourth-order valence-electron chi connectivity index (χ4n) is 2.93. The fourth-order valence-corrected chi connectivity index (χ4v) is 2.93. The van der Waals surface area contributed by atoms with E-state index >= 15 is 0 Å². The number of carbonyl (C=O) groups excluding carboxylic acids is 2. The molecule has 0 saturated carbocycles. The van der Waals surface area contributed by atoms with Crippen molar-refractivity contribution in [2.45, 2.75) is 0 Å². The smallest absolute Gasteiger partial charge is 0.411 e. The summed E-state index contributed by atoms with van der Waals surface area (Å²) in [7, 11) is 1.29. The Hall–Kier alpha value is -3.42. The summed E-state index contributed by atoms with van der Waals surface area (Å²) in [5, 5.41) is 15.4. The minimum Gasteiger partial charge on any atom is -0.506 e. The molecule has 3 N–H and O–H groups in total. The van der Waals surface area contributed by atoms with Gasteiger partial charge in [-0.3, -0.25) is 5.32 Å². The van der Waals surface area contributed by atoms with Crippen LogP contribution in [-0.2, 0) is 4.74 Å². The molecule has 0 spiro atoms. The van der Waals surface area contributed by atoms with Crippen LogP contribution in [0.4, 0.5) is 26.7 Å². The first-order valence-electron chi connectivity index (χ1n) is 8.61. The lowest BCUT2D eigenvalue weighted by atomic mass is 10.2. The molecule has 1 heterocycles. The summed E-state index contributed by atoms with van der Waals surface area (Å²) in [6, 6.07) is 13.8. The topological polar surface area (TPSA) is 94.1 Å². The third-order valence-electron chi connectivity index (χ3n) is 4.33. The maximum atomic E-state index is 12.5. The first kappa shape index (κ1) is 18.4. The van der Waals surface area contributed by atoms with Crippen LogP contribution in [0.1, 0.15) is 0 Å². The van der Waals surface area contributed by atoms with Gasteiger partial charge in [0, 0.05) is 37.6 Å². The van der Waals surface area contributed by atoms with Crippen LogP contribution < -0.4 is 15.5 Å². The number of nitrogens with zero attached hydrogens (tertiary/aromatic N) is 2. The van der Waals surface area contributed by atoms with Crippen molar-refractivity contribution < 1.29 is 19.4 Å². The summed E-state index contributed by atoms with van der Waals surface area (Å²) in [5.41, 5.74) is 1.89. The van der Waals surface area contributed by atoms with Crippen LogP contribution in [0.5, 0.6) is 5.75 Å². The SMILES string of the molecule is COC(=O)Nc1cccc(NC(=O)N2CCN(c3ccccc3O)CC2)c1. The van der Waals surface area contributed by atoms with E-state index in [4.69, 9.17) is 0 Å². The number of nitrogens with one attached hydrogen (secondary N) is 2. The fraction of sp³-hybridized carbons (Fsp3) is 0.263. The predicted octanol–water partition coefficient (Wildman–Crippen LogP) is 2.92. The Kier molecular flexibility index (Phi) is 5.65. The molecule has 2 aromatic rings. The normalized spacial score (nSPS) is 13.8. The molecule has 0 aliphatic carbocycles. The summed E-state index contributed by atoms with van der Waals surface area (Å²) < 4.78 is 4.56. The quantitative estimate of drug-likeness (QED) is 0.772. The van der Waals surface area contributed by atoms with Crippen molar-refractivity contribution in [1.29, 1.82) is 0 Å². The van der Waals surface area contributed by atoms with E-state index in [1.807, 2.05) is 12.1 Å². The monoisotopic (exact) mass is 370 g/mol. The van der Waals surface area contributed by atoms with E-state index < -0.39 is 6.09 Å². The molecule has 1 saturated heterocycles. The van der Waals surface area contributed by atoms with Crippen molar-refractivity contribution in [3.8, 4) is 5.75 Å². The number of methoxy groups -OCH3 is 1. The van der Waals surface area contributed by atoms with Crippen molar-refractivity contribution in [2.24, 2.45) is 0 Å². The summed E-state index contributed by atoms with van der Waals surface area (Å²) in [4.78, 5) is 27.6. The first-order valence-corrected chi connectivity index (χ1v) is 8.61. The predicted molar refractivity (Wildman–Crippen MR) is 103 cm³/mol. The third kappa shape index (κ3) is 4.60. The molecule has 1 aliphatic heterocycles. The average molecular weight is 370 g/mol. The number of aromatic hydroxyl groups is 1. The number of carbonyl (C=O) groups is 2. The van der Waals surface area contributed by atoms with Gasteiger partial charge in [0.1, 0.15) is 5.75 Å². The zero-order chi connectivity index (χ0) is 19.2. The maximum absolute atomic E-state index is 12.5. The van der Waals surface area contributed by atoms with Gasteiger partial charge < -0.3 is 25.0 Å². The maximum Gasteiger partial charge on any atom is 0.411 e. The second-order valence-corrected chi connectivity index (χ2v) is 6.09. The lowest BCUT2D eigenvalue weighted by Crippen LogP contribution is -2.50. The van der Waals surface area contributed by atoms with Crippen LogP contribution in [-0.4, -0.2) is 55.4 Å². The molecule has 142 valence electrons. The number of anilines is 3. The third-order valence-corrected chi connectivity index (χ3v) is 4.33. The van der Waals surface area contributed by atoms with Gasteiger partial charge in [-0.2, -0.15) is 0 Å². The van der Waals surface area contributed by atoms with E-state index in [0.29, 0.717) is 37.6 Å². The molecule has 3 rings (SSSR count). The van der Waals surface area contributed by atoms with Gasteiger partial charge in [-0.05, 0) is 30.3 Å². The Morgan fingerprint density at radius 2 is 1.63 bits per heavy atom. The highest BCUT2D eigenvalue weighted by Gasteiger charge is 2.22. The van der Waals surface area contributed by atoms with Crippen LogP contribution in [0.25, 0.3) is 0 Å². The van der Waals surface area contributed by atoms with Crippen LogP contribution in [0.15, 0.2) is 48.5 Å². The number of hydrogen-bond acceptors (Lipinski definition) is 5. The van der Waals surface area contributed by atoms with Crippen molar-refractivity contribution in [3.05, 3.63) is 48.5 Å². The number of phenolic OH excluding ortho intramolecular Hbond substituents is 1. The molecule has 0 bridgehead atoms. The van der Waals surface area contributed by atoms with E-state index in [1.54, 1.807) is 41.3 Å². The molecular formula is C19H22N4O4. The minimum absolute atomic E-state index is 0.206. The van der Waals surface area contributed by atoms with E-state index in [0.717, 1.165) is 5.69 Å². The number of rotatable bonds is 3. The lowest BCUT2D eigenvalue weighted by molar-refractivity contribution is 0.187. The standard InChI is InChI=1S/C19H22N4O4/c1-27-19(26)21-15-6-4-5-14(13-15)20-18(25)23-11-9-22(10-12-23)16-7-2-3-8-17(16)24/h2-8,13,24H,9-12H2,1H3,(H,20,25)(H,21,26). The van der Waals surface area contributed by atoms with E-state index in [1.165, 1.54) is 7.11 Å². The molecule has 3 amide bonds. The summed E-state index contributed by atoms with van der Waals surface area (Å²) >= 11 is 0. The van der Waals surface area contributed by atoms with Crippen molar-refractivity contribution in [1.82, 2.24) is 4.90 Å². The molecule has 0 radical (unpaired) electrons. The zero-order valence-electron chi connectivity index (χ0n) is 15.0. The Bertz CT molecular complexity index is 819. The molecule has 8 nitrogen and oxygen atoms in total. The van der Waals surface area contributed by atoms with Crippen molar-refractivity contribution in [2.75, 3.05) is 48.8 Å². The number of benzene rings is 2. The summed E-state index contributed by atoms with van der Waals surface area (Å²) in [6.45, 7) is 2.35. The number of amides is 3. The van der Waals surface area contributed by atoms with Gasteiger partial charge >= 0.3 is 12.1 Å². The number of piperazine rings is 1. The highest BCUT2D eigenvalue weighted by atomic mass is 16.5. The Balaban J connectivity index is 1.56. The van der Waals surface area contributed by atoms with Gasteiger partial charge in [0.15, 0.2) is 0 Å². The van der Waals surface area contributed by atoms with Crippen molar-refractivity contribution >= 4 is 29.2 Å². The van der Waals surface area contributed by atoms with Crippen LogP contribution >= 0.6 is 0 Å². The number of para-hydroxylation sites is 2. The lowest BCUT2D eigenvalue weighted by Gasteiger charge is -2.36. The van der Waals surface area contributed by atoms with Crippen LogP contribution in [0.2, 0.25) is 0 Å². The second kappa shape index (κ2) is 8.31. The largest absolute Gasteiger partial charge is 0.506 e. The van der Waals surface area contributed by atoms with Gasteiger partial charge in [0.2, 0.25) is 0 Å². The molecule has 1 aliphatic rings. The van der Waals surface area contributed by atoms with Gasteiger partial charge in [-0.1, -0.05) is 18.2 Å². The van der Waals surface area contributed by atoms with E-state index in [2.05, 4.69) is 20.3 Å². The number of ether oxygens (including phenoxy) is 1. The van der Waals surface area contributed by atoms with Gasteiger partial charge in [-0.15, -0.1) is 0 Å².